The highest BCUT2D eigenvalue weighted by Gasteiger charge is 1.99. The first-order valence-electron chi connectivity index (χ1n) is 3.68. The van der Waals surface area contributed by atoms with E-state index in [1.54, 1.807) is 12.3 Å². The molecule has 1 N–H and O–H groups in total. The van der Waals surface area contributed by atoms with Gasteiger partial charge in [0, 0.05) is 18.5 Å². The Bertz CT molecular complexity index is 551. The fourth-order valence-electron chi connectivity index (χ4n) is 1.15. The van der Waals surface area contributed by atoms with E-state index in [2.05, 4.69) is 9.97 Å². The molecular weight excluding hydrogens is 166 g/mol. The van der Waals surface area contributed by atoms with Crippen LogP contribution in [0.25, 0.3) is 10.9 Å². The summed E-state index contributed by atoms with van der Waals surface area (Å²) in [6, 6.07) is 4.82. The van der Waals surface area contributed by atoms with Crippen LogP contribution in [-0.2, 0) is 0 Å². The molecule has 2 aromatic heterocycles. The Labute approximate surface area is 73.5 Å². The molecule has 4 nitrogen and oxygen atoms in total. The van der Waals surface area contributed by atoms with Gasteiger partial charge in [-0.15, -0.1) is 0 Å². The van der Waals surface area contributed by atoms with Gasteiger partial charge in [-0.2, -0.15) is 5.26 Å². The van der Waals surface area contributed by atoms with Crippen molar-refractivity contribution in [2.75, 3.05) is 0 Å². The summed E-state index contributed by atoms with van der Waals surface area (Å²) in [5.74, 6) is 0. The van der Waals surface area contributed by atoms with E-state index in [0.717, 1.165) is 0 Å². The second-order valence-corrected chi connectivity index (χ2v) is 2.58. The fourth-order valence-corrected chi connectivity index (χ4v) is 1.15. The van der Waals surface area contributed by atoms with Crippen LogP contribution in [-0.4, -0.2) is 9.97 Å². The van der Waals surface area contributed by atoms with Crippen LogP contribution in [0, 0.1) is 11.3 Å². The number of rotatable bonds is 0. The summed E-state index contributed by atoms with van der Waals surface area (Å²) in [7, 11) is 0. The molecule has 0 radical (unpaired) electrons. The minimum atomic E-state index is -0.182. The standard InChI is InChI=1S/C9H5N3O/c10-4-6-3-9(13)7-5-11-2-1-8(7)12-6/h1-3,5H,(H,12,13). The molecule has 0 saturated carbocycles. The minimum Gasteiger partial charge on any atom is -0.346 e. The molecule has 0 fully saturated rings. The van der Waals surface area contributed by atoms with Gasteiger partial charge in [0.15, 0.2) is 5.43 Å². The summed E-state index contributed by atoms with van der Waals surface area (Å²) in [6.07, 6.45) is 3.05. The van der Waals surface area contributed by atoms with Crippen molar-refractivity contribution in [2.45, 2.75) is 0 Å². The van der Waals surface area contributed by atoms with E-state index in [1.807, 2.05) is 6.07 Å². The summed E-state index contributed by atoms with van der Waals surface area (Å²) in [5.41, 5.74) is 0.723. The zero-order chi connectivity index (χ0) is 9.26. The van der Waals surface area contributed by atoms with Gasteiger partial charge in [0.1, 0.15) is 11.8 Å². The molecule has 2 heterocycles. The third-order valence-electron chi connectivity index (χ3n) is 1.75. The average molecular weight is 171 g/mol. The lowest BCUT2D eigenvalue weighted by molar-refractivity contribution is 1.28. The number of fused-ring (bicyclic) bond motifs is 1. The number of hydrogen-bond donors (Lipinski definition) is 1. The van der Waals surface area contributed by atoms with Crippen molar-refractivity contribution in [2.24, 2.45) is 0 Å². The van der Waals surface area contributed by atoms with Crippen molar-refractivity contribution in [3.8, 4) is 6.07 Å². The van der Waals surface area contributed by atoms with Gasteiger partial charge in [-0.3, -0.25) is 9.78 Å². The predicted octanol–water partition coefficient (Wildman–Crippen LogP) is 0.795. The van der Waals surface area contributed by atoms with E-state index < -0.39 is 0 Å². The van der Waals surface area contributed by atoms with Gasteiger partial charge >= 0.3 is 0 Å². The lowest BCUT2D eigenvalue weighted by Gasteiger charge is -1.95. The number of aromatic amines is 1. The molecular formula is C9H5N3O. The van der Waals surface area contributed by atoms with Gasteiger partial charge in [-0.1, -0.05) is 0 Å². The van der Waals surface area contributed by atoms with Crippen molar-refractivity contribution >= 4 is 10.9 Å². The second kappa shape index (κ2) is 2.72. The Hall–Kier alpha value is -2.15. The summed E-state index contributed by atoms with van der Waals surface area (Å²) in [4.78, 5) is 18.0. The normalized spacial score (nSPS) is 9.77. The maximum atomic E-state index is 11.3. The third-order valence-corrected chi connectivity index (χ3v) is 1.75. The van der Waals surface area contributed by atoms with Crippen LogP contribution >= 0.6 is 0 Å². The van der Waals surface area contributed by atoms with Gasteiger partial charge in [0.2, 0.25) is 0 Å². The Morgan fingerprint density at radius 3 is 3.15 bits per heavy atom. The Morgan fingerprint density at radius 2 is 2.38 bits per heavy atom. The number of pyridine rings is 2. The molecule has 2 rings (SSSR count). The van der Waals surface area contributed by atoms with E-state index in [-0.39, 0.29) is 11.1 Å². The number of nitrogens with zero attached hydrogens (tertiary/aromatic N) is 2. The Balaban J connectivity index is 2.95. The van der Waals surface area contributed by atoms with Gasteiger partial charge in [-0.25, -0.2) is 0 Å². The molecule has 0 spiro atoms. The maximum absolute atomic E-state index is 11.3. The first-order valence-corrected chi connectivity index (χ1v) is 3.68. The first-order chi connectivity index (χ1) is 6.31. The van der Waals surface area contributed by atoms with Gasteiger partial charge in [-0.05, 0) is 6.07 Å². The van der Waals surface area contributed by atoms with Crippen molar-refractivity contribution < 1.29 is 0 Å². The maximum Gasteiger partial charge on any atom is 0.192 e. The van der Waals surface area contributed by atoms with Gasteiger partial charge < -0.3 is 4.98 Å². The number of nitrogens with one attached hydrogen (secondary N) is 1. The molecule has 0 aromatic carbocycles. The quantitative estimate of drug-likeness (QED) is 0.637. The molecule has 0 saturated heterocycles. The van der Waals surface area contributed by atoms with E-state index in [0.29, 0.717) is 10.9 Å². The monoisotopic (exact) mass is 171 g/mol. The average Bonchev–Trinajstić information content (AvgIpc) is 2.18. The zero-order valence-electron chi connectivity index (χ0n) is 6.61. The fraction of sp³-hybridized carbons (Fsp3) is 0. The van der Waals surface area contributed by atoms with E-state index in [1.165, 1.54) is 12.3 Å². The minimum absolute atomic E-state index is 0.182. The van der Waals surface area contributed by atoms with Crippen LogP contribution in [0.3, 0.4) is 0 Å². The first kappa shape index (κ1) is 7.50. The van der Waals surface area contributed by atoms with E-state index >= 15 is 0 Å². The highest BCUT2D eigenvalue weighted by Crippen LogP contribution is 2.04. The molecule has 0 atom stereocenters. The van der Waals surface area contributed by atoms with Crippen molar-refractivity contribution in [1.29, 1.82) is 5.26 Å². The lowest BCUT2D eigenvalue weighted by atomic mass is 10.2. The second-order valence-electron chi connectivity index (χ2n) is 2.58. The molecule has 4 heteroatoms. The number of H-pyrrole nitrogens is 1. The largest absolute Gasteiger partial charge is 0.346 e. The number of nitriles is 1. The molecule has 0 bridgehead atoms. The third kappa shape index (κ3) is 1.16. The molecule has 0 aliphatic rings. The smallest absolute Gasteiger partial charge is 0.192 e. The van der Waals surface area contributed by atoms with Crippen LogP contribution in [0.5, 0.6) is 0 Å². The lowest BCUT2D eigenvalue weighted by Crippen LogP contribution is -2.03. The Morgan fingerprint density at radius 1 is 1.54 bits per heavy atom. The predicted molar refractivity (Wildman–Crippen MR) is 47.1 cm³/mol. The zero-order valence-corrected chi connectivity index (χ0v) is 6.61. The summed E-state index contributed by atoms with van der Waals surface area (Å²) in [6.45, 7) is 0. The Kier molecular flexibility index (Phi) is 1.57. The van der Waals surface area contributed by atoms with Crippen LogP contribution in [0.2, 0.25) is 0 Å². The summed E-state index contributed by atoms with van der Waals surface area (Å²) < 4.78 is 0. The SMILES string of the molecule is N#Cc1cc(=O)c2cnccc2[nH]1. The number of hydrogen-bond acceptors (Lipinski definition) is 3. The van der Waals surface area contributed by atoms with Crippen molar-refractivity contribution in [1.82, 2.24) is 9.97 Å². The molecule has 13 heavy (non-hydrogen) atoms. The van der Waals surface area contributed by atoms with Crippen LogP contribution in [0.4, 0.5) is 0 Å². The van der Waals surface area contributed by atoms with Crippen molar-refractivity contribution in [3.63, 3.8) is 0 Å². The van der Waals surface area contributed by atoms with Gasteiger partial charge in [0.25, 0.3) is 0 Å². The number of aromatic nitrogens is 2. The summed E-state index contributed by atoms with van der Waals surface area (Å²) >= 11 is 0. The highest BCUT2D eigenvalue weighted by atomic mass is 16.1. The molecule has 0 amide bonds. The molecule has 0 aliphatic heterocycles. The topological polar surface area (TPSA) is 69.5 Å². The molecule has 62 valence electrons. The van der Waals surface area contributed by atoms with Crippen molar-refractivity contribution in [3.05, 3.63) is 40.4 Å². The summed E-state index contributed by atoms with van der Waals surface area (Å²) in [5, 5.41) is 9.09. The molecule has 2 aromatic rings. The van der Waals surface area contributed by atoms with Crippen LogP contribution < -0.4 is 5.43 Å². The van der Waals surface area contributed by atoms with Gasteiger partial charge in [0.05, 0.1) is 10.9 Å². The van der Waals surface area contributed by atoms with E-state index in [9.17, 15) is 4.79 Å². The van der Waals surface area contributed by atoms with Crippen LogP contribution in [0.15, 0.2) is 29.3 Å². The van der Waals surface area contributed by atoms with Crippen LogP contribution in [0.1, 0.15) is 5.69 Å². The highest BCUT2D eigenvalue weighted by molar-refractivity contribution is 5.77. The van der Waals surface area contributed by atoms with E-state index in [4.69, 9.17) is 5.26 Å². The molecule has 0 unspecified atom stereocenters. The molecule has 0 aliphatic carbocycles.